The minimum absolute atomic E-state index is 0.152. The van der Waals surface area contributed by atoms with Crippen molar-refractivity contribution in [3.05, 3.63) is 34.9 Å². The molecule has 0 heterocycles. The molecular weight excluding hydrogens is 262 g/mol. The summed E-state index contributed by atoms with van der Waals surface area (Å²) < 4.78 is 5.08. The van der Waals surface area contributed by atoms with Gasteiger partial charge in [-0.2, -0.15) is 5.26 Å². The Morgan fingerprint density at radius 2 is 2.00 bits per heavy atom. The first-order valence-electron chi connectivity index (χ1n) is 6.25. The van der Waals surface area contributed by atoms with Crippen LogP contribution in [0.25, 0.3) is 0 Å². The molecule has 1 fully saturated rings. The smallest absolute Gasteiger partial charge is 0.327 e. The molecule has 19 heavy (non-hydrogen) atoms. The molecule has 1 aromatic rings. The Morgan fingerprint density at radius 1 is 1.42 bits per heavy atom. The second kappa shape index (κ2) is 4.54. The van der Waals surface area contributed by atoms with Gasteiger partial charge in [0.15, 0.2) is 5.41 Å². The maximum absolute atomic E-state index is 12.2. The van der Waals surface area contributed by atoms with Crippen molar-refractivity contribution < 1.29 is 9.53 Å². The number of benzene rings is 1. The van der Waals surface area contributed by atoms with Crippen molar-refractivity contribution in [1.29, 1.82) is 5.26 Å². The van der Waals surface area contributed by atoms with E-state index in [1.54, 1.807) is 19.1 Å². The van der Waals surface area contributed by atoms with Crippen LogP contribution in [-0.2, 0) is 9.53 Å². The number of hydrogen-bond acceptors (Lipinski definition) is 3. The standard InChI is InChI=1S/C15H16ClNO2/c1-4-19-13(18)15(9-17)12(14(15,2)3)10-5-7-11(16)8-6-10/h5-8,12H,4H2,1-3H3. The Morgan fingerprint density at radius 3 is 2.47 bits per heavy atom. The van der Waals surface area contributed by atoms with Gasteiger partial charge in [0.05, 0.1) is 12.7 Å². The van der Waals surface area contributed by atoms with Crippen LogP contribution in [0.4, 0.5) is 0 Å². The molecule has 2 rings (SSSR count). The number of ether oxygens (including phenoxy) is 1. The van der Waals surface area contributed by atoms with Crippen LogP contribution < -0.4 is 0 Å². The number of carbonyl (C=O) groups is 1. The first-order valence-corrected chi connectivity index (χ1v) is 6.63. The third-order valence-corrected chi connectivity index (χ3v) is 4.32. The first-order chi connectivity index (χ1) is 8.91. The van der Waals surface area contributed by atoms with Crippen molar-refractivity contribution >= 4 is 17.6 Å². The van der Waals surface area contributed by atoms with Crippen LogP contribution in [0.3, 0.4) is 0 Å². The second-order valence-corrected chi connectivity index (χ2v) is 5.78. The van der Waals surface area contributed by atoms with Gasteiger partial charge in [0.2, 0.25) is 0 Å². The van der Waals surface area contributed by atoms with Crippen LogP contribution in [-0.4, -0.2) is 12.6 Å². The summed E-state index contributed by atoms with van der Waals surface area (Å²) in [6, 6.07) is 9.47. The van der Waals surface area contributed by atoms with Crippen LogP contribution in [0.1, 0.15) is 32.3 Å². The van der Waals surface area contributed by atoms with Gasteiger partial charge < -0.3 is 4.74 Å². The van der Waals surface area contributed by atoms with Gasteiger partial charge in [-0.3, -0.25) is 4.79 Å². The van der Waals surface area contributed by atoms with E-state index in [4.69, 9.17) is 16.3 Å². The molecular formula is C15H16ClNO2. The highest BCUT2D eigenvalue weighted by molar-refractivity contribution is 6.30. The lowest BCUT2D eigenvalue weighted by Crippen LogP contribution is -2.23. The normalized spacial score (nSPS) is 27.4. The van der Waals surface area contributed by atoms with E-state index in [0.717, 1.165) is 5.56 Å². The summed E-state index contributed by atoms with van der Waals surface area (Å²) in [5.74, 6) is -0.580. The largest absolute Gasteiger partial charge is 0.465 e. The number of nitriles is 1. The Balaban J connectivity index is 2.40. The lowest BCUT2D eigenvalue weighted by atomic mass is 9.98. The third-order valence-electron chi connectivity index (χ3n) is 4.06. The summed E-state index contributed by atoms with van der Waals surface area (Å²) in [6.45, 7) is 5.88. The zero-order valence-corrected chi connectivity index (χ0v) is 12.0. The molecule has 0 saturated heterocycles. The maximum Gasteiger partial charge on any atom is 0.327 e. The van der Waals surface area contributed by atoms with E-state index in [-0.39, 0.29) is 12.5 Å². The Kier molecular flexibility index (Phi) is 3.32. The van der Waals surface area contributed by atoms with Crippen LogP contribution in [0, 0.1) is 22.2 Å². The number of esters is 1. The fraction of sp³-hybridized carbons (Fsp3) is 0.467. The summed E-state index contributed by atoms with van der Waals surface area (Å²) in [6.07, 6.45) is 0. The molecule has 1 aromatic carbocycles. The van der Waals surface area contributed by atoms with E-state index >= 15 is 0 Å². The van der Waals surface area contributed by atoms with Crippen LogP contribution >= 0.6 is 11.6 Å². The van der Waals surface area contributed by atoms with Crippen molar-refractivity contribution in [3.8, 4) is 6.07 Å². The highest BCUT2D eigenvalue weighted by Crippen LogP contribution is 2.74. The average molecular weight is 278 g/mol. The topological polar surface area (TPSA) is 50.1 Å². The van der Waals surface area contributed by atoms with Gasteiger partial charge in [0.25, 0.3) is 0 Å². The summed E-state index contributed by atoms with van der Waals surface area (Å²) >= 11 is 5.87. The molecule has 1 aliphatic carbocycles. The van der Waals surface area contributed by atoms with Crippen molar-refractivity contribution in [1.82, 2.24) is 0 Å². The number of carbonyl (C=O) groups excluding carboxylic acids is 1. The van der Waals surface area contributed by atoms with E-state index in [1.165, 1.54) is 0 Å². The molecule has 100 valence electrons. The molecule has 3 nitrogen and oxygen atoms in total. The van der Waals surface area contributed by atoms with E-state index in [2.05, 4.69) is 6.07 Å². The van der Waals surface area contributed by atoms with Crippen molar-refractivity contribution in [3.63, 3.8) is 0 Å². The molecule has 2 unspecified atom stereocenters. The fourth-order valence-electron chi connectivity index (χ4n) is 2.97. The van der Waals surface area contributed by atoms with Gasteiger partial charge in [-0.15, -0.1) is 0 Å². The second-order valence-electron chi connectivity index (χ2n) is 5.35. The van der Waals surface area contributed by atoms with E-state index in [0.29, 0.717) is 5.02 Å². The van der Waals surface area contributed by atoms with E-state index in [1.807, 2.05) is 26.0 Å². The van der Waals surface area contributed by atoms with Crippen molar-refractivity contribution in [2.75, 3.05) is 6.61 Å². The predicted molar refractivity (Wildman–Crippen MR) is 72.7 cm³/mol. The number of hydrogen-bond donors (Lipinski definition) is 0. The van der Waals surface area contributed by atoms with Gasteiger partial charge in [-0.1, -0.05) is 37.6 Å². The van der Waals surface area contributed by atoms with E-state index < -0.39 is 16.8 Å². The molecule has 0 amide bonds. The molecule has 2 atom stereocenters. The lowest BCUT2D eigenvalue weighted by Gasteiger charge is -2.09. The highest BCUT2D eigenvalue weighted by atomic mass is 35.5. The maximum atomic E-state index is 12.2. The molecule has 1 aliphatic rings. The minimum Gasteiger partial charge on any atom is -0.465 e. The van der Waals surface area contributed by atoms with Crippen LogP contribution in [0.5, 0.6) is 0 Å². The monoisotopic (exact) mass is 277 g/mol. The summed E-state index contributed by atoms with van der Waals surface area (Å²) in [5.41, 5.74) is -0.567. The quantitative estimate of drug-likeness (QED) is 0.794. The SMILES string of the molecule is CCOC(=O)C1(C#N)C(c2ccc(Cl)cc2)C1(C)C. The van der Waals surface area contributed by atoms with Crippen molar-refractivity contribution in [2.24, 2.45) is 10.8 Å². The highest BCUT2D eigenvalue weighted by Gasteiger charge is 2.78. The van der Waals surface area contributed by atoms with Gasteiger partial charge in [-0.05, 0) is 24.6 Å². The van der Waals surface area contributed by atoms with Gasteiger partial charge in [0.1, 0.15) is 0 Å². The van der Waals surface area contributed by atoms with Gasteiger partial charge in [0, 0.05) is 16.4 Å². The van der Waals surface area contributed by atoms with Crippen LogP contribution in [0.15, 0.2) is 24.3 Å². The van der Waals surface area contributed by atoms with Crippen molar-refractivity contribution in [2.45, 2.75) is 26.7 Å². The zero-order valence-electron chi connectivity index (χ0n) is 11.2. The first kappa shape index (κ1) is 13.9. The Hall–Kier alpha value is -1.53. The summed E-state index contributed by atoms with van der Waals surface area (Å²) in [5, 5.41) is 10.1. The molecule has 0 radical (unpaired) electrons. The Bertz CT molecular complexity index is 544. The molecule has 0 spiro atoms. The summed E-state index contributed by atoms with van der Waals surface area (Å²) in [4.78, 5) is 12.2. The lowest BCUT2D eigenvalue weighted by molar-refractivity contribution is -0.148. The third kappa shape index (κ3) is 1.82. The summed E-state index contributed by atoms with van der Waals surface area (Å²) in [7, 11) is 0. The molecule has 0 aromatic heterocycles. The van der Waals surface area contributed by atoms with Gasteiger partial charge in [-0.25, -0.2) is 0 Å². The van der Waals surface area contributed by atoms with E-state index in [9.17, 15) is 10.1 Å². The molecule has 0 bridgehead atoms. The minimum atomic E-state index is -1.09. The Labute approximate surface area is 118 Å². The molecule has 0 aliphatic heterocycles. The zero-order chi connectivity index (χ0) is 14.3. The number of halogens is 1. The number of nitrogens with zero attached hydrogens (tertiary/aromatic N) is 1. The molecule has 1 saturated carbocycles. The fourth-order valence-corrected chi connectivity index (χ4v) is 3.09. The van der Waals surface area contributed by atoms with Crippen LogP contribution in [0.2, 0.25) is 5.02 Å². The predicted octanol–water partition coefficient (Wildman–Crippen LogP) is 3.54. The number of rotatable bonds is 3. The molecule has 4 heteroatoms. The average Bonchev–Trinajstić information content (AvgIpc) is 2.88. The molecule has 0 N–H and O–H groups in total. The van der Waals surface area contributed by atoms with Gasteiger partial charge >= 0.3 is 5.97 Å².